The molecule has 0 aliphatic carbocycles. The molecule has 0 atom stereocenters. The molecule has 126 valence electrons. The van der Waals surface area contributed by atoms with Crippen molar-refractivity contribution in [1.82, 2.24) is 0 Å². The van der Waals surface area contributed by atoms with E-state index in [0.29, 0.717) is 17.9 Å². The lowest BCUT2D eigenvalue weighted by Gasteiger charge is -2.10. The van der Waals surface area contributed by atoms with Crippen LogP contribution in [0.4, 0.5) is 8.78 Å². The second-order valence-electron chi connectivity index (χ2n) is 5.49. The van der Waals surface area contributed by atoms with E-state index in [0.717, 1.165) is 11.6 Å². The molecule has 25 heavy (non-hydrogen) atoms. The minimum Gasteiger partial charge on any atom is -0.489 e. The van der Waals surface area contributed by atoms with Crippen LogP contribution in [0.2, 0.25) is 0 Å². The lowest BCUT2D eigenvalue weighted by Crippen LogP contribution is -2.12. The second kappa shape index (κ2) is 7.13. The Morgan fingerprint density at radius 2 is 1.72 bits per heavy atom. The summed E-state index contributed by atoms with van der Waals surface area (Å²) in [6, 6.07) is 18.2. The summed E-state index contributed by atoms with van der Waals surface area (Å²) in [7, 11) is 0. The maximum atomic E-state index is 14.1. The zero-order valence-corrected chi connectivity index (χ0v) is 13.2. The first-order valence-corrected chi connectivity index (χ1v) is 7.60. The number of ether oxygens (including phenoxy) is 1. The summed E-state index contributed by atoms with van der Waals surface area (Å²) in [4.78, 5) is 11.3. The fourth-order valence-corrected chi connectivity index (χ4v) is 2.44. The van der Waals surface area contributed by atoms with Crippen molar-refractivity contribution in [2.75, 3.05) is 0 Å². The Balaban J connectivity index is 1.90. The Bertz CT molecular complexity index is 911. The molecular weight excluding hydrogens is 324 g/mol. The van der Waals surface area contributed by atoms with Crippen molar-refractivity contribution in [2.24, 2.45) is 5.73 Å². The molecule has 3 aromatic rings. The molecule has 1 amide bonds. The fraction of sp³-hybridized carbons (Fsp3) is 0.0500. The van der Waals surface area contributed by atoms with Gasteiger partial charge < -0.3 is 10.5 Å². The molecule has 3 nitrogen and oxygen atoms in total. The summed E-state index contributed by atoms with van der Waals surface area (Å²) in [5, 5.41) is 0. The maximum absolute atomic E-state index is 14.1. The van der Waals surface area contributed by atoms with Gasteiger partial charge in [-0.15, -0.1) is 0 Å². The van der Waals surface area contributed by atoms with Gasteiger partial charge in [0.25, 0.3) is 0 Å². The normalized spacial score (nSPS) is 10.5. The van der Waals surface area contributed by atoms with Crippen molar-refractivity contribution in [3.63, 3.8) is 0 Å². The van der Waals surface area contributed by atoms with Gasteiger partial charge in [-0.2, -0.15) is 0 Å². The summed E-state index contributed by atoms with van der Waals surface area (Å²) >= 11 is 0. The molecule has 0 heterocycles. The number of amides is 1. The summed E-state index contributed by atoms with van der Waals surface area (Å²) in [6.07, 6.45) is 0. The van der Waals surface area contributed by atoms with Crippen LogP contribution in [0.1, 0.15) is 15.9 Å². The summed E-state index contributed by atoms with van der Waals surface area (Å²) in [5.74, 6) is -2.48. The molecule has 3 aromatic carbocycles. The third kappa shape index (κ3) is 3.83. The number of benzene rings is 3. The van der Waals surface area contributed by atoms with Crippen molar-refractivity contribution < 1.29 is 18.3 Å². The van der Waals surface area contributed by atoms with E-state index < -0.39 is 17.5 Å². The molecule has 3 rings (SSSR count). The molecular formula is C20H15F2NO2. The van der Waals surface area contributed by atoms with Gasteiger partial charge in [-0.3, -0.25) is 4.79 Å². The largest absolute Gasteiger partial charge is 0.489 e. The smallest absolute Gasteiger partial charge is 0.248 e. The molecule has 0 saturated carbocycles. The quantitative estimate of drug-likeness (QED) is 0.753. The monoisotopic (exact) mass is 339 g/mol. The van der Waals surface area contributed by atoms with E-state index in [1.807, 2.05) is 30.3 Å². The Labute approximate surface area is 143 Å². The van der Waals surface area contributed by atoms with Gasteiger partial charge in [0.1, 0.15) is 12.4 Å². The van der Waals surface area contributed by atoms with Gasteiger partial charge in [0.15, 0.2) is 11.6 Å². The first-order chi connectivity index (χ1) is 12.0. The topological polar surface area (TPSA) is 52.3 Å². The fourth-order valence-electron chi connectivity index (χ4n) is 2.44. The van der Waals surface area contributed by atoms with Crippen LogP contribution in [-0.4, -0.2) is 5.91 Å². The third-order valence-electron chi connectivity index (χ3n) is 3.71. The summed E-state index contributed by atoms with van der Waals surface area (Å²) in [5.41, 5.74) is 6.41. The third-order valence-corrected chi connectivity index (χ3v) is 3.71. The van der Waals surface area contributed by atoms with E-state index in [4.69, 9.17) is 10.5 Å². The standard InChI is InChI=1S/C20H15F2NO2/c21-18-11-15(20(23)24)10-17(19(18)22)14-7-4-8-16(9-14)25-12-13-5-2-1-3-6-13/h1-11H,12H2,(H2,23,24). The van der Waals surface area contributed by atoms with Crippen molar-refractivity contribution in [1.29, 1.82) is 0 Å². The van der Waals surface area contributed by atoms with Crippen molar-refractivity contribution >= 4 is 5.91 Å². The molecule has 0 radical (unpaired) electrons. The van der Waals surface area contributed by atoms with Crippen LogP contribution in [0.3, 0.4) is 0 Å². The number of hydrogen-bond donors (Lipinski definition) is 1. The molecule has 0 saturated heterocycles. The Kier molecular flexibility index (Phi) is 4.75. The van der Waals surface area contributed by atoms with Crippen LogP contribution >= 0.6 is 0 Å². The molecule has 0 aliphatic rings. The Hall–Kier alpha value is -3.21. The minimum atomic E-state index is -1.12. The SMILES string of the molecule is NC(=O)c1cc(F)c(F)c(-c2cccc(OCc3ccccc3)c2)c1. The van der Waals surface area contributed by atoms with E-state index in [1.54, 1.807) is 24.3 Å². The van der Waals surface area contributed by atoms with Gasteiger partial charge in [-0.1, -0.05) is 42.5 Å². The van der Waals surface area contributed by atoms with Gasteiger partial charge in [0.2, 0.25) is 5.91 Å². The summed E-state index contributed by atoms with van der Waals surface area (Å²) < 4.78 is 33.6. The van der Waals surface area contributed by atoms with Crippen LogP contribution in [0.15, 0.2) is 66.7 Å². The van der Waals surface area contributed by atoms with Crippen LogP contribution in [-0.2, 0) is 6.61 Å². The van der Waals surface area contributed by atoms with E-state index in [1.165, 1.54) is 6.07 Å². The molecule has 0 bridgehead atoms. The minimum absolute atomic E-state index is 0.0426. The van der Waals surface area contributed by atoms with E-state index in [-0.39, 0.29) is 11.1 Å². The molecule has 2 N–H and O–H groups in total. The van der Waals surface area contributed by atoms with E-state index >= 15 is 0 Å². The van der Waals surface area contributed by atoms with Crippen LogP contribution in [0.5, 0.6) is 5.75 Å². The number of nitrogens with two attached hydrogens (primary N) is 1. The average molecular weight is 339 g/mol. The van der Waals surface area contributed by atoms with Crippen LogP contribution < -0.4 is 10.5 Å². The highest BCUT2D eigenvalue weighted by Gasteiger charge is 2.15. The number of carbonyl (C=O) groups excluding carboxylic acids is 1. The predicted molar refractivity (Wildman–Crippen MR) is 91.1 cm³/mol. The highest BCUT2D eigenvalue weighted by molar-refractivity contribution is 5.94. The zero-order chi connectivity index (χ0) is 17.8. The second-order valence-corrected chi connectivity index (χ2v) is 5.49. The first-order valence-electron chi connectivity index (χ1n) is 7.60. The van der Waals surface area contributed by atoms with Crippen molar-refractivity contribution in [3.8, 4) is 16.9 Å². The number of halogens is 2. The lowest BCUT2D eigenvalue weighted by molar-refractivity contribution is 0.1000. The van der Waals surface area contributed by atoms with Gasteiger partial charge in [0.05, 0.1) is 0 Å². The Morgan fingerprint density at radius 1 is 0.960 bits per heavy atom. The van der Waals surface area contributed by atoms with E-state index in [2.05, 4.69) is 0 Å². The first kappa shape index (κ1) is 16.6. The number of primary amides is 1. The van der Waals surface area contributed by atoms with E-state index in [9.17, 15) is 13.6 Å². The predicted octanol–water partition coefficient (Wildman–Crippen LogP) is 4.31. The van der Waals surface area contributed by atoms with Crippen LogP contribution in [0.25, 0.3) is 11.1 Å². The lowest BCUT2D eigenvalue weighted by atomic mass is 10.0. The highest BCUT2D eigenvalue weighted by Crippen LogP contribution is 2.29. The van der Waals surface area contributed by atoms with Crippen molar-refractivity contribution in [3.05, 3.63) is 89.5 Å². The van der Waals surface area contributed by atoms with Gasteiger partial charge in [-0.05, 0) is 35.4 Å². The number of hydrogen-bond acceptors (Lipinski definition) is 2. The molecule has 0 spiro atoms. The maximum Gasteiger partial charge on any atom is 0.248 e. The average Bonchev–Trinajstić information content (AvgIpc) is 2.63. The van der Waals surface area contributed by atoms with Crippen LogP contribution in [0, 0.1) is 11.6 Å². The molecule has 0 aromatic heterocycles. The zero-order valence-electron chi connectivity index (χ0n) is 13.2. The highest BCUT2D eigenvalue weighted by atomic mass is 19.2. The van der Waals surface area contributed by atoms with Gasteiger partial charge in [0, 0.05) is 11.1 Å². The van der Waals surface area contributed by atoms with Gasteiger partial charge in [-0.25, -0.2) is 8.78 Å². The molecule has 0 fully saturated rings. The summed E-state index contributed by atoms with van der Waals surface area (Å²) in [6.45, 7) is 0.350. The Morgan fingerprint density at radius 3 is 2.44 bits per heavy atom. The van der Waals surface area contributed by atoms with Gasteiger partial charge >= 0.3 is 0 Å². The number of rotatable bonds is 5. The number of carbonyl (C=O) groups is 1. The van der Waals surface area contributed by atoms with Crippen molar-refractivity contribution in [2.45, 2.75) is 6.61 Å². The molecule has 0 aliphatic heterocycles. The molecule has 0 unspecified atom stereocenters. The molecule has 5 heteroatoms.